The minimum absolute atomic E-state index is 0.563. The van der Waals surface area contributed by atoms with E-state index in [1.807, 2.05) is 6.07 Å². The predicted molar refractivity (Wildman–Crippen MR) is 83.3 cm³/mol. The van der Waals surface area contributed by atoms with Crippen LogP contribution >= 0.6 is 0 Å². The highest BCUT2D eigenvalue weighted by Gasteiger charge is 2.33. The van der Waals surface area contributed by atoms with Crippen molar-refractivity contribution in [1.29, 1.82) is 0 Å². The molecule has 3 aliphatic rings. The maximum atomic E-state index is 5.81. The van der Waals surface area contributed by atoms with Crippen molar-refractivity contribution in [3.63, 3.8) is 0 Å². The summed E-state index contributed by atoms with van der Waals surface area (Å²) >= 11 is 0. The number of nitrogens with one attached hydrogen (secondary N) is 1. The standard InChI is InChI=1S/C17H26N2O/c1-13(2)12-20-16-5-3-4-15(10-16)18-17-11-19-8-6-14(17)7-9-19/h3-5,10,13-14,17-18H,6-9,11-12H2,1-2H3. The highest BCUT2D eigenvalue weighted by molar-refractivity contribution is 5.49. The molecule has 3 nitrogen and oxygen atoms in total. The van der Waals surface area contributed by atoms with Crippen LogP contribution in [0.3, 0.4) is 0 Å². The highest BCUT2D eigenvalue weighted by atomic mass is 16.5. The van der Waals surface area contributed by atoms with Crippen molar-refractivity contribution in [2.45, 2.75) is 32.7 Å². The average molecular weight is 274 g/mol. The molecular formula is C17H26N2O. The lowest BCUT2D eigenvalue weighted by atomic mass is 9.84. The van der Waals surface area contributed by atoms with Crippen LogP contribution in [0.2, 0.25) is 0 Å². The monoisotopic (exact) mass is 274 g/mol. The molecule has 1 aromatic carbocycles. The van der Waals surface area contributed by atoms with Crippen LogP contribution in [0, 0.1) is 11.8 Å². The second kappa shape index (κ2) is 6.04. The number of benzene rings is 1. The van der Waals surface area contributed by atoms with Crippen LogP contribution in [0.4, 0.5) is 5.69 Å². The molecule has 2 bridgehead atoms. The molecule has 3 fully saturated rings. The molecule has 0 saturated carbocycles. The summed E-state index contributed by atoms with van der Waals surface area (Å²) in [6.45, 7) is 8.91. The molecule has 3 heterocycles. The Morgan fingerprint density at radius 2 is 2.10 bits per heavy atom. The van der Waals surface area contributed by atoms with E-state index < -0.39 is 0 Å². The van der Waals surface area contributed by atoms with Crippen molar-refractivity contribution in [2.24, 2.45) is 11.8 Å². The first-order chi connectivity index (χ1) is 9.70. The maximum Gasteiger partial charge on any atom is 0.121 e. The van der Waals surface area contributed by atoms with Crippen LogP contribution in [-0.2, 0) is 0 Å². The summed E-state index contributed by atoms with van der Waals surface area (Å²) in [6, 6.07) is 9.03. The molecule has 20 heavy (non-hydrogen) atoms. The Morgan fingerprint density at radius 3 is 2.75 bits per heavy atom. The fraction of sp³-hybridized carbons (Fsp3) is 0.647. The fourth-order valence-corrected chi connectivity index (χ4v) is 3.28. The lowest BCUT2D eigenvalue weighted by molar-refractivity contribution is 0.0975. The molecule has 110 valence electrons. The van der Waals surface area contributed by atoms with Gasteiger partial charge in [-0.2, -0.15) is 0 Å². The van der Waals surface area contributed by atoms with E-state index in [1.165, 1.54) is 38.2 Å². The number of piperidine rings is 3. The summed E-state index contributed by atoms with van der Waals surface area (Å²) < 4.78 is 5.81. The molecule has 0 aliphatic carbocycles. The number of hydrogen-bond acceptors (Lipinski definition) is 3. The van der Waals surface area contributed by atoms with E-state index in [-0.39, 0.29) is 0 Å². The van der Waals surface area contributed by atoms with Gasteiger partial charge in [0.1, 0.15) is 5.75 Å². The second-order valence-electron chi connectivity index (χ2n) is 6.62. The van der Waals surface area contributed by atoms with Crippen molar-refractivity contribution in [2.75, 3.05) is 31.6 Å². The number of nitrogens with zero attached hydrogens (tertiary/aromatic N) is 1. The second-order valence-corrected chi connectivity index (χ2v) is 6.62. The molecule has 0 aromatic heterocycles. The number of fused-ring (bicyclic) bond motifs is 3. The summed E-state index contributed by atoms with van der Waals surface area (Å²) in [5.41, 5.74) is 1.20. The highest BCUT2D eigenvalue weighted by Crippen LogP contribution is 2.30. The Hall–Kier alpha value is -1.22. The summed E-state index contributed by atoms with van der Waals surface area (Å²) in [6.07, 6.45) is 2.70. The van der Waals surface area contributed by atoms with Gasteiger partial charge in [0.25, 0.3) is 0 Å². The Labute approximate surface area is 122 Å². The number of anilines is 1. The number of ether oxygens (including phenoxy) is 1. The molecule has 1 N–H and O–H groups in total. The van der Waals surface area contributed by atoms with Crippen LogP contribution in [0.5, 0.6) is 5.75 Å². The Bertz CT molecular complexity index is 438. The quantitative estimate of drug-likeness (QED) is 0.892. The van der Waals surface area contributed by atoms with E-state index in [0.29, 0.717) is 12.0 Å². The van der Waals surface area contributed by atoms with Gasteiger partial charge in [0, 0.05) is 24.3 Å². The molecule has 0 radical (unpaired) electrons. The molecular weight excluding hydrogens is 248 g/mol. The normalized spacial score (nSPS) is 28.6. The van der Waals surface area contributed by atoms with Gasteiger partial charge in [0.05, 0.1) is 6.61 Å². The van der Waals surface area contributed by atoms with Crippen LogP contribution in [0.15, 0.2) is 24.3 Å². The number of rotatable bonds is 5. The lowest BCUT2D eigenvalue weighted by Crippen LogP contribution is -2.53. The Balaban J connectivity index is 1.61. The molecule has 1 atom stereocenters. The van der Waals surface area contributed by atoms with Crippen LogP contribution in [0.1, 0.15) is 26.7 Å². The lowest BCUT2D eigenvalue weighted by Gasteiger charge is -2.45. The first kappa shape index (κ1) is 13.7. The maximum absolute atomic E-state index is 5.81. The van der Waals surface area contributed by atoms with Crippen molar-refractivity contribution >= 4 is 5.69 Å². The zero-order valence-corrected chi connectivity index (χ0v) is 12.6. The number of hydrogen-bond donors (Lipinski definition) is 1. The fourth-order valence-electron chi connectivity index (χ4n) is 3.28. The smallest absolute Gasteiger partial charge is 0.121 e. The Morgan fingerprint density at radius 1 is 1.30 bits per heavy atom. The van der Waals surface area contributed by atoms with E-state index in [2.05, 4.69) is 42.3 Å². The first-order valence-corrected chi connectivity index (χ1v) is 7.92. The van der Waals surface area contributed by atoms with Gasteiger partial charge in [-0.15, -0.1) is 0 Å². The first-order valence-electron chi connectivity index (χ1n) is 7.92. The SMILES string of the molecule is CC(C)COc1cccc(NC2CN3CCC2CC3)c1. The molecule has 0 spiro atoms. The van der Waals surface area contributed by atoms with Crippen molar-refractivity contribution in [3.8, 4) is 5.75 Å². The van der Waals surface area contributed by atoms with Crippen molar-refractivity contribution in [1.82, 2.24) is 4.90 Å². The van der Waals surface area contributed by atoms with Crippen LogP contribution in [-0.4, -0.2) is 37.2 Å². The van der Waals surface area contributed by atoms with Gasteiger partial charge in [-0.1, -0.05) is 19.9 Å². The summed E-state index contributed by atoms with van der Waals surface area (Å²) in [4.78, 5) is 2.58. The van der Waals surface area contributed by atoms with Gasteiger partial charge in [-0.3, -0.25) is 0 Å². The molecule has 4 rings (SSSR count). The third kappa shape index (κ3) is 3.26. The van der Waals surface area contributed by atoms with E-state index in [0.717, 1.165) is 18.3 Å². The molecule has 3 saturated heterocycles. The minimum atomic E-state index is 0.563. The van der Waals surface area contributed by atoms with Gasteiger partial charge in [0.2, 0.25) is 0 Å². The molecule has 0 amide bonds. The van der Waals surface area contributed by atoms with Gasteiger partial charge >= 0.3 is 0 Å². The third-order valence-corrected chi connectivity index (χ3v) is 4.43. The molecule has 3 aliphatic heterocycles. The van der Waals surface area contributed by atoms with E-state index in [1.54, 1.807) is 0 Å². The largest absolute Gasteiger partial charge is 0.493 e. The molecule has 3 heteroatoms. The summed E-state index contributed by atoms with van der Waals surface area (Å²) in [5, 5.41) is 3.72. The molecule has 1 aromatic rings. The predicted octanol–water partition coefficient (Wildman–Crippen LogP) is 3.23. The zero-order chi connectivity index (χ0) is 13.9. The van der Waals surface area contributed by atoms with Gasteiger partial charge in [-0.05, 0) is 49.9 Å². The van der Waals surface area contributed by atoms with E-state index in [9.17, 15) is 0 Å². The topological polar surface area (TPSA) is 24.5 Å². The summed E-state index contributed by atoms with van der Waals surface area (Å²) in [7, 11) is 0. The van der Waals surface area contributed by atoms with Crippen molar-refractivity contribution in [3.05, 3.63) is 24.3 Å². The van der Waals surface area contributed by atoms with Gasteiger partial charge in [0.15, 0.2) is 0 Å². The van der Waals surface area contributed by atoms with Crippen LogP contribution in [0.25, 0.3) is 0 Å². The summed E-state index contributed by atoms with van der Waals surface area (Å²) in [5.74, 6) is 2.39. The zero-order valence-electron chi connectivity index (χ0n) is 12.6. The van der Waals surface area contributed by atoms with Crippen LogP contribution < -0.4 is 10.1 Å². The Kier molecular flexibility index (Phi) is 4.16. The minimum Gasteiger partial charge on any atom is -0.493 e. The third-order valence-electron chi connectivity index (χ3n) is 4.43. The van der Waals surface area contributed by atoms with Crippen molar-refractivity contribution < 1.29 is 4.74 Å². The van der Waals surface area contributed by atoms with Gasteiger partial charge < -0.3 is 15.0 Å². The molecule has 1 unspecified atom stereocenters. The van der Waals surface area contributed by atoms with E-state index in [4.69, 9.17) is 4.74 Å². The average Bonchev–Trinajstić information content (AvgIpc) is 2.47. The van der Waals surface area contributed by atoms with Gasteiger partial charge in [-0.25, -0.2) is 0 Å². The van der Waals surface area contributed by atoms with E-state index >= 15 is 0 Å².